The van der Waals surface area contributed by atoms with Gasteiger partial charge in [-0.1, -0.05) is 13.0 Å². The summed E-state index contributed by atoms with van der Waals surface area (Å²) in [5, 5.41) is 27.1. The Labute approximate surface area is 139 Å². The minimum absolute atomic E-state index is 0.221. The molecule has 0 fully saturated rings. The van der Waals surface area contributed by atoms with Gasteiger partial charge in [0.15, 0.2) is 0 Å². The van der Waals surface area contributed by atoms with Crippen LogP contribution in [-0.2, 0) is 6.42 Å². The van der Waals surface area contributed by atoms with Crippen molar-refractivity contribution in [3.8, 4) is 23.0 Å². The number of aryl methyl sites for hydroxylation is 1. The molecule has 0 radical (unpaired) electrons. The summed E-state index contributed by atoms with van der Waals surface area (Å²) in [5.74, 6) is 1.79. The fourth-order valence-electron chi connectivity index (χ4n) is 2.23. The van der Waals surface area contributed by atoms with Gasteiger partial charge in [-0.05, 0) is 36.1 Å². The molecule has 7 nitrogen and oxygen atoms in total. The zero-order valence-corrected chi connectivity index (χ0v) is 13.1. The molecule has 0 saturated heterocycles. The first-order valence-electron chi connectivity index (χ1n) is 7.58. The van der Waals surface area contributed by atoms with Crippen molar-refractivity contribution in [2.45, 2.75) is 19.8 Å². The quantitative estimate of drug-likeness (QED) is 0.663. The van der Waals surface area contributed by atoms with Gasteiger partial charge in [0.25, 0.3) is 0 Å². The van der Waals surface area contributed by atoms with E-state index in [0.717, 1.165) is 6.42 Å². The van der Waals surface area contributed by atoms with E-state index in [-0.39, 0.29) is 11.4 Å². The molecule has 0 saturated carbocycles. The number of aromatic nitrogens is 3. The van der Waals surface area contributed by atoms with Crippen molar-refractivity contribution in [3.05, 3.63) is 48.6 Å². The summed E-state index contributed by atoms with van der Waals surface area (Å²) in [7, 11) is -1.66. The van der Waals surface area contributed by atoms with E-state index in [1.54, 1.807) is 42.7 Å². The van der Waals surface area contributed by atoms with Gasteiger partial charge in [0, 0.05) is 18.2 Å². The number of pyridine rings is 1. The molecule has 8 heteroatoms. The number of benzene rings is 1. The molecular formula is C16H16BN3O4. The van der Waals surface area contributed by atoms with Crippen molar-refractivity contribution in [1.29, 1.82) is 0 Å². The second kappa shape index (κ2) is 7.24. The summed E-state index contributed by atoms with van der Waals surface area (Å²) in [6.45, 7) is 2.01. The maximum absolute atomic E-state index is 9.57. The van der Waals surface area contributed by atoms with Gasteiger partial charge in [-0.15, -0.1) is 10.2 Å². The van der Waals surface area contributed by atoms with Gasteiger partial charge in [0.2, 0.25) is 11.8 Å². The molecule has 0 aliphatic rings. The smallest absolute Gasteiger partial charge is 0.456 e. The Balaban J connectivity index is 1.96. The minimum Gasteiger partial charge on any atom is -0.456 e. The molecule has 122 valence electrons. The molecule has 2 N–H and O–H groups in total. The summed E-state index contributed by atoms with van der Waals surface area (Å²) in [6, 6.07) is 8.35. The standard InChI is InChI=1S/C16H16BN3O4/c1-2-4-15-19-20-16(24-15)13-9-11(6-7-14(13)17(21)22)23-12-5-3-8-18-10-12/h3,5-10,21-22H,2,4H2,1H3. The van der Waals surface area contributed by atoms with Gasteiger partial charge in [0.05, 0.1) is 6.20 Å². The molecular weight excluding hydrogens is 309 g/mol. The normalized spacial score (nSPS) is 10.6. The number of rotatable bonds is 6. The first-order valence-corrected chi connectivity index (χ1v) is 7.58. The van der Waals surface area contributed by atoms with Gasteiger partial charge in [-0.2, -0.15) is 0 Å². The van der Waals surface area contributed by atoms with Gasteiger partial charge in [-0.25, -0.2) is 0 Å². The topological polar surface area (TPSA) is 102 Å². The zero-order valence-electron chi connectivity index (χ0n) is 13.1. The van der Waals surface area contributed by atoms with E-state index in [9.17, 15) is 10.0 Å². The lowest BCUT2D eigenvalue weighted by Crippen LogP contribution is -2.31. The summed E-state index contributed by atoms with van der Waals surface area (Å²) in [6.07, 6.45) is 4.77. The highest BCUT2D eigenvalue weighted by atomic mass is 16.5. The third kappa shape index (κ3) is 3.61. The average molecular weight is 325 g/mol. The molecule has 0 unspecified atom stereocenters. The number of hydrogen-bond acceptors (Lipinski definition) is 7. The van der Waals surface area contributed by atoms with Crippen molar-refractivity contribution >= 4 is 12.6 Å². The average Bonchev–Trinajstić information content (AvgIpc) is 3.04. The van der Waals surface area contributed by atoms with Crippen LogP contribution < -0.4 is 10.2 Å². The molecule has 1 aromatic carbocycles. The molecule has 3 rings (SSSR count). The molecule has 0 spiro atoms. The number of hydrogen-bond donors (Lipinski definition) is 2. The molecule has 0 amide bonds. The zero-order chi connectivity index (χ0) is 16.9. The minimum atomic E-state index is -1.66. The van der Waals surface area contributed by atoms with Crippen LogP contribution in [0.4, 0.5) is 0 Å². The van der Waals surface area contributed by atoms with Gasteiger partial charge < -0.3 is 19.2 Å². The maximum Gasteiger partial charge on any atom is 0.489 e. The number of nitrogens with zero attached hydrogens (tertiary/aromatic N) is 3. The lowest BCUT2D eigenvalue weighted by molar-refractivity contribution is 0.425. The SMILES string of the molecule is CCCc1nnc(-c2cc(Oc3cccnc3)ccc2B(O)O)o1. The van der Waals surface area contributed by atoms with Crippen LogP contribution in [0.3, 0.4) is 0 Å². The summed E-state index contributed by atoms with van der Waals surface area (Å²) < 4.78 is 11.3. The van der Waals surface area contributed by atoms with Crippen molar-refractivity contribution in [2.24, 2.45) is 0 Å². The lowest BCUT2D eigenvalue weighted by atomic mass is 9.77. The van der Waals surface area contributed by atoms with Crippen molar-refractivity contribution in [1.82, 2.24) is 15.2 Å². The number of ether oxygens (including phenoxy) is 1. The Hall–Kier alpha value is -2.71. The molecule has 0 atom stereocenters. The van der Waals surface area contributed by atoms with Crippen molar-refractivity contribution in [2.75, 3.05) is 0 Å². The van der Waals surface area contributed by atoms with Gasteiger partial charge in [-0.3, -0.25) is 4.98 Å². The van der Waals surface area contributed by atoms with Crippen LogP contribution in [0, 0.1) is 0 Å². The highest BCUT2D eigenvalue weighted by molar-refractivity contribution is 6.60. The van der Waals surface area contributed by atoms with E-state index >= 15 is 0 Å². The van der Waals surface area contributed by atoms with Crippen molar-refractivity contribution in [3.63, 3.8) is 0 Å². The van der Waals surface area contributed by atoms with E-state index in [1.165, 1.54) is 0 Å². The summed E-state index contributed by atoms with van der Waals surface area (Å²) in [4.78, 5) is 3.99. The van der Waals surface area contributed by atoms with Crippen LogP contribution in [-0.4, -0.2) is 32.3 Å². The Morgan fingerprint density at radius 2 is 2.04 bits per heavy atom. The third-order valence-electron chi connectivity index (χ3n) is 3.33. The molecule has 2 aromatic heterocycles. The summed E-state index contributed by atoms with van der Waals surface area (Å²) in [5.41, 5.74) is 0.682. The van der Waals surface area contributed by atoms with Gasteiger partial charge >= 0.3 is 7.12 Å². The first-order chi connectivity index (χ1) is 11.7. The second-order valence-electron chi connectivity index (χ2n) is 5.16. The molecule has 0 bridgehead atoms. The second-order valence-corrected chi connectivity index (χ2v) is 5.16. The van der Waals surface area contributed by atoms with E-state index < -0.39 is 7.12 Å². The Kier molecular flexibility index (Phi) is 4.88. The molecule has 3 aromatic rings. The van der Waals surface area contributed by atoms with Crippen LogP contribution in [0.1, 0.15) is 19.2 Å². The molecule has 2 heterocycles. The summed E-state index contributed by atoms with van der Waals surface area (Å²) >= 11 is 0. The van der Waals surface area contributed by atoms with E-state index in [0.29, 0.717) is 29.4 Å². The Morgan fingerprint density at radius 3 is 2.75 bits per heavy atom. The first kappa shape index (κ1) is 16.2. The van der Waals surface area contributed by atoms with Gasteiger partial charge in [0.1, 0.15) is 11.5 Å². The van der Waals surface area contributed by atoms with E-state index in [1.807, 2.05) is 6.92 Å². The van der Waals surface area contributed by atoms with E-state index in [2.05, 4.69) is 15.2 Å². The largest absolute Gasteiger partial charge is 0.489 e. The van der Waals surface area contributed by atoms with Crippen molar-refractivity contribution < 1.29 is 19.2 Å². The van der Waals surface area contributed by atoms with Crippen LogP contribution >= 0.6 is 0 Å². The Bertz CT molecular complexity index is 808. The predicted octanol–water partition coefficient (Wildman–Crippen LogP) is 1.56. The maximum atomic E-state index is 9.57. The van der Waals surface area contributed by atoms with Crippen LogP contribution in [0.25, 0.3) is 11.5 Å². The van der Waals surface area contributed by atoms with Crippen LogP contribution in [0.15, 0.2) is 47.1 Å². The molecule has 24 heavy (non-hydrogen) atoms. The third-order valence-corrected chi connectivity index (χ3v) is 3.33. The predicted molar refractivity (Wildman–Crippen MR) is 87.9 cm³/mol. The molecule has 0 aliphatic heterocycles. The lowest BCUT2D eigenvalue weighted by Gasteiger charge is -2.09. The highest BCUT2D eigenvalue weighted by Crippen LogP contribution is 2.25. The van der Waals surface area contributed by atoms with Crippen LogP contribution in [0.5, 0.6) is 11.5 Å². The highest BCUT2D eigenvalue weighted by Gasteiger charge is 2.21. The Morgan fingerprint density at radius 1 is 1.17 bits per heavy atom. The van der Waals surface area contributed by atoms with E-state index in [4.69, 9.17) is 9.15 Å². The fourth-order valence-corrected chi connectivity index (χ4v) is 2.23. The fraction of sp³-hybridized carbons (Fsp3) is 0.188. The monoisotopic (exact) mass is 325 g/mol. The van der Waals surface area contributed by atoms with Crippen LogP contribution in [0.2, 0.25) is 0 Å². The molecule has 0 aliphatic carbocycles.